The second-order valence-electron chi connectivity index (χ2n) is 3.09. The summed E-state index contributed by atoms with van der Waals surface area (Å²) in [6.45, 7) is 0. The van der Waals surface area contributed by atoms with Gasteiger partial charge in [-0.2, -0.15) is 0 Å². The first-order valence-electron chi connectivity index (χ1n) is 3.95. The van der Waals surface area contributed by atoms with E-state index in [1.165, 1.54) is 0 Å². The predicted octanol–water partition coefficient (Wildman–Crippen LogP) is -1.32. The standard InChI is InChI=1S/C8H10O6/c9-4-2-1-3(7(11)12)5(6(4)10)8(13)14/h1-6,9-10H,(H,11,12)(H,13,14). The largest absolute Gasteiger partial charge is 0.481 e. The van der Waals surface area contributed by atoms with Gasteiger partial charge in [0.2, 0.25) is 0 Å². The van der Waals surface area contributed by atoms with Gasteiger partial charge in [0.1, 0.15) is 5.92 Å². The minimum Gasteiger partial charge on any atom is -0.481 e. The summed E-state index contributed by atoms with van der Waals surface area (Å²) < 4.78 is 0. The van der Waals surface area contributed by atoms with Gasteiger partial charge in [-0.3, -0.25) is 9.59 Å². The van der Waals surface area contributed by atoms with E-state index in [0.29, 0.717) is 0 Å². The summed E-state index contributed by atoms with van der Waals surface area (Å²) >= 11 is 0. The maximum atomic E-state index is 10.7. The molecule has 0 amide bonds. The first-order valence-corrected chi connectivity index (χ1v) is 3.95. The molecule has 1 aliphatic rings. The van der Waals surface area contributed by atoms with E-state index in [1.54, 1.807) is 0 Å². The van der Waals surface area contributed by atoms with Gasteiger partial charge in [-0.05, 0) is 0 Å². The lowest BCUT2D eigenvalue weighted by molar-refractivity contribution is -0.160. The van der Waals surface area contributed by atoms with Crippen LogP contribution < -0.4 is 0 Å². The first kappa shape index (κ1) is 10.7. The monoisotopic (exact) mass is 202 g/mol. The molecule has 0 aromatic rings. The molecule has 0 radical (unpaired) electrons. The maximum Gasteiger partial charge on any atom is 0.311 e. The molecule has 0 spiro atoms. The number of rotatable bonds is 2. The molecular weight excluding hydrogens is 192 g/mol. The summed E-state index contributed by atoms with van der Waals surface area (Å²) in [4.78, 5) is 21.3. The van der Waals surface area contributed by atoms with Gasteiger partial charge in [0.05, 0.1) is 18.1 Å². The lowest BCUT2D eigenvalue weighted by Gasteiger charge is -2.29. The first-order chi connectivity index (χ1) is 6.45. The number of aliphatic hydroxyl groups excluding tert-OH is 2. The van der Waals surface area contributed by atoms with E-state index in [0.717, 1.165) is 12.2 Å². The quantitative estimate of drug-likeness (QED) is 0.413. The second kappa shape index (κ2) is 3.77. The summed E-state index contributed by atoms with van der Waals surface area (Å²) in [5.74, 6) is -5.58. The Bertz CT molecular complexity index is 284. The number of hydrogen-bond donors (Lipinski definition) is 4. The smallest absolute Gasteiger partial charge is 0.311 e. The molecule has 6 nitrogen and oxygen atoms in total. The molecule has 1 aliphatic carbocycles. The van der Waals surface area contributed by atoms with Crippen LogP contribution in [-0.2, 0) is 9.59 Å². The Hall–Kier alpha value is -1.40. The molecule has 4 atom stereocenters. The normalized spacial score (nSPS) is 36.7. The van der Waals surface area contributed by atoms with Crippen LogP contribution in [0.15, 0.2) is 12.2 Å². The van der Waals surface area contributed by atoms with Crippen molar-refractivity contribution in [2.45, 2.75) is 12.2 Å². The topological polar surface area (TPSA) is 115 Å². The van der Waals surface area contributed by atoms with Gasteiger partial charge < -0.3 is 20.4 Å². The molecule has 6 heteroatoms. The molecule has 0 fully saturated rings. The van der Waals surface area contributed by atoms with Crippen molar-refractivity contribution in [1.29, 1.82) is 0 Å². The highest BCUT2D eigenvalue weighted by molar-refractivity contribution is 5.82. The third-order valence-electron chi connectivity index (χ3n) is 2.19. The van der Waals surface area contributed by atoms with Crippen LogP contribution in [0.5, 0.6) is 0 Å². The van der Waals surface area contributed by atoms with Crippen LogP contribution in [-0.4, -0.2) is 44.6 Å². The zero-order valence-electron chi connectivity index (χ0n) is 7.07. The fourth-order valence-corrected chi connectivity index (χ4v) is 1.43. The molecular formula is C8H10O6. The molecule has 0 aromatic heterocycles. The van der Waals surface area contributed by atoms with Crippen molar-refractivity contribution >= 4 is 11.9 Å². The van der Waals surface area contributed by atoms with Crippen LogP contribution in [0.1, 0.15) is 0 Å². The number of hydrogen-bond acceptors (Lipinski definition) is 4. The Morgan fingerprint density at radius 2 is 1.57 bits per heavy atom. The predicted molar refractivity (Wildman–Crippen MR) is 43.4 cm³/mol. The molecule has 4 N–H and O–H groups in total. The van der Waals surface area contributed by atoms with E-state index in [2.05, 4.69) is 0 Å². The van der Waals surface area contributed by atoms with Crippen molar-refractivity contribution in [3.8, 4) is 0 Å². The molecule has 14 heavy (non-hydrogen) atoms. The van der Waals surface area contributed by atoms with Crippen LogP contribution in [0.25, 0.3) is 0 Å². The molecule has 0 heterocycles. The van der Waals surface area contributed by atoms with Gasteiger partial charge in [-0.1, -0.05) is 12.2 Å². The molecule has 0 saturated heterocycles. The highest BCUT2D eigenvalue weighted by Crippen LogP contribution is 2.26. The molecule has 0 bridgehead atoms. The third-order valence-corrected chi connectivity index (χ3v) is 2.19. The van der Waals surface area contributed by atoms with Gasteiger partial charge in [0, 0.05) is 0 Å². The summed E-state index contributed by atoms with van der Waals surface area (Å²) in [5, 5.41) is 35.7. The Labute approximate surface area is 79.1 Å². The molecule has 0 aliphatic heterocycles. The van der Waals surface area contributed by atoms with Crippen molar-refractivity contribution in [3.05, 3.63) is 12.2 Å². The maximum absolute atomic E-state index is 10.7. The van der Waals surface area contributed by atoms with Crippen molar-refractivity contribution in [1.82, 2.24) is 0 Å². The Morgan fingerprint density at radius 1 is 1.00 bits per heavy atom. The van der Waals surface area contributed by atoms with Crippen LogP contribution >= 0.6 is 0 Å². The minimum atomic E-state index is -1.58. The zero-order valence-corrected chi connectivity index (χ0v) is 7.07. The van der Waals surface area contributed by atoms with E-state index in [4.69, 9.17) is 15.3 Å². The van der Waals surface area contributed by atoms with Crippen LogP contribution in [0.2, 0.25) is 0 Å². The average molecular weight is 202 g/mol. The highest BCUT2D eigenvalue weighted by Gasteiger charge is 2.42. The van der Waals surface area contributed by atoms with E-state index < -0.39 is 36.0 Å². The average Bonchev–Trinajstić information content (AvgIpc) is 2.08. The summed E-state index contributed by atoms with van der Waals surface area (Å²) in [7, 11) is 0. The SMILES string of the molecule is O=C(O)C1C=CC(O)C(O)C1C(=O)O. The van der Waals surface area contributed by atoms with Gasteiger partial charge in [-0.25, -0.2) is 0 Å². The van der Waals surface area contributed by atoms with Crippen molar-refractivity contribution in [2.75, 3.05) is 0 Å². The second-order valence-corrected chi connectivity index (χ2v) is 3.09. The van der Waals surface area contributed by atoms with E-state index in [-0.39, 0.29) is 0 Å². The highest BCUT2D eigenvalue weighted by atomic mass is 16.4. The van der Waals surface area contributed by atoms with Crippen LogP contribution in [0, 0.1) is 11.8 Å². The molecule has 78 valence electrons. The number of carboxylic acids is 2. The van der Waals surface area contributed by atoms with Crippen molar-refractivity contribution in [2.24, 2.45) is 11.8 Å². The molecule has 1 rings (SSSR count). The van der Waals surface area contributed by atoms with E-state index >= 15 is 0 Å². The number of aliphatic hydroxyl groups is 2. The van der Waals surface area contributed by atoms with E-state index in [1.807, 2.05) is 0 Å². The summed E-state index contributed by atoms with van der Waals surface area (Å²) in [5.41, 5.74) is 0. The van der Waals surface area contributed by atoms with Gasteiger partial charge in [-0.15, -0.1) is 0 Å². The lowest BCUT2D eigenvalue weighted by atomic mass is 9.80. The van der Waals surface area contributed by atoms with E-state index in [9.17, 15) is 14.7 Å². The number of carbonyl (C=O) groups is 2. The Balaban J connectivity index is 3.00. The zero-order chi connectivity index (χ0) is 10.9. The summed E-state index contributed by atoms with van der Waals surface area (Å²) in [6.07, 6.45) is -0.744. The van der Waals surface area contributed by atoms with Gasteiger partial charge in [0.25, 0.3) is 0 Å². The fraction of sp³-hybridized carbons (Fsp3) is 0.500. The Kier molecular flexibility index (Phi) is 2.87. The van der Waals surface area contributed by atoms with Crippen LogP contribution in [0.3, 0.4) is 0 Å². The number of aliphatic carboxylic acids is 2. The Morgan fingerprint density at radius 3 is 2.00 bits per heavy atom. The number of carboxylic acid groups (broad SMARTS) is 2. The summed E-state index contributed by atoms with van der Waals surface area (Å²) in [6, 6.07) is 0. The fourth-order valence-electron chi connectivity index (χ4n) is 1.43. The minimum absolute atomic E-state index is 1.08. The van der Waals surface area contributed by atoms with Crippen molar-refractivity contribution in [3.63, 3.8) is 0 Å². The van der Waals surface area contributed by atoms with Gasteiger partial charge in [0.15, 0.2) is 0 Å². The van der Waals surface area contributed by atoms with Gasteiger partial charge >= 0.3 is 11.9 Å². The third kappa shape index (κ3) is 1.75. The molecule has 0 saturated carbocycles. The lowest BCUT2D eigenvalue weighted by Crippen LogP contribution is -2.46. The van der Waals surface area contributed by atoms with Crippen LogP contribution in [0.4, 0.5) is 0 Å². The van der Waals surface area contributed by atoms with Crippen molar-refractivity contribution < 1.29 is 30.0 Å². The molecule has 0 aromatic carbocycles. The molecule has 4 unspecified atom stereocenters.